The van der Waals surface area contributed by atoms with E-state index in [0.29, 0.717) is 47.7 Å². The van der Waals surface area contributed by atoms with Gasteiger partial charge in [-0.25, -0.2) is 18.7 Å². The van der Waals surface area contributed by atoms with Crippen molar-refractivity contribution in [2.24, 2.45) is 0 Å². The first-order chi connectivity index (χ1) is 19.5. The van der Waals surface area contributed by atoms with E-state index in [-0.39, 0.29) is 17.4 Å². The summed E-state index contributed by atoms with van der Waals surface area (Å²) in [5, 5.41) is 4.67. The second kappa shape index (κ2) is 9.95. The average molecular weight is 559 g/mol. The second-order valence-corrected chi connectivity index (χ2v) is 11.0. The zero-order chi connectivity index (χ0) is 29.1. The van der Waals surface area contributed by atoms with Crippen LogP contribution in [0.2, 0.25) is 0 Å². The number of hydrogen-bond donors (Lipinski definition) is 0. The fourth-order valence-electron chi connectivity index (χ4n) is 5.67. The van der Waals surface area contributed by atoms with Crippen LogP contribution in [0.4, 0.5) is 4.39 Å². The Morgan fingerprint density at radius 2 is 1.95 bits per heavy atom. The first-order valence-corrected chi connectivity index (χ1v) is 13.6. The quantitative estimate of drug-likeness (QED) is 0.315. The van der Waals surface area contributed by atoms with Gasteiger partial charge in [0.2, 0.25) is 5.79 Å². The number of carbonyl (C=O) groups is 2. The maximum Gasteiger partial charge on any atom is 0.342 e. The van der Waals surface area contributed by atoms with E-state index in [1.807, 2.05) is 37.3 Å². The highest BCUT2D eigenvalue weighted by Crippen LogP contribution is 2.43. The van der Waals surface area contributed by atoms with Gasteiger partial charge in [-0.05, 0) is 43.9 Å². The summed E-state index contributed by atoms with van der Waals surface area (Å²) in [7, 11) is 1.71. The van der Waals surface area contributed by atoms with Crippen molar-refractivity contribution in [3.05, 3.63) is 81.9 Å². The lowest BCUT2D eigenvalue weighted by Crippen LogP contribution is -2.26. The van der Waals surface area contributed by atoms with Crippen molar-refractivity contribution in [2.75, 3.05) is 13.7 Å². The molecular weight excluding hydrogens is 527 g/mol. The smallest absolute Gasteiger partial charge is 0.342 e. The molecule has 2 aromatic heterocycles. The highest BCUT2D eigenvalue weighted by molar-refractivity contribution is 5.93. The number of nitrogens with zero attached hydrogens (tertiary/aromatic N) is 4. The van der Waals surface area contributed by atoms with Gasteiger partial charge in [0.1, 0.15) is 0 Å². The first-order valence-electron chi connectivity index (χ1n) is 13.6. The number of benzene rings is 2. The average Bonchev–Trinajstić information content (AvgIpc) is 3.48. The van der Waals surface area contributed by atoms with E-state index in [2.05, 4.69) is 5.10 Å². The van der Waals surface area contributed by atoms with Gasteiger partial charge in [0.05, 0.1) is 12.3 Å². The summed E-state index contributed by atoms with van der Waals surface area (Å²) in [6.07, 6.45) is 0.293. The number of aromatic nitrogens is 3. The number of halogens is 1. The molecule has 10 heteroatoms. The molecule has 2 aliphatic rings. The molecule has 1 fully saturated rings. The summed E-state index contributed by atoms with van der Waals surface area (Å²) in [6.45, 7) is 7.80. The van der Waals surface area contributed by atoms with Gasteiger partial charge in [-0.2, -0.15) is 5.10 Å². The summed E-state index contributed by atoms with van der Waals surface area (Å²) in [5.41, 5.74) is 4.92. The molecule has 0 spiro atoms. The number of fused-ring (bicyclic) bond motifs is 2. The number of aryl methyl sites for hydroxylation is 1. The minimum atomic E-state index is -1.16. The fraction of sp³-hybridized carbons (Fsp3) is 0.355. The molecule has 1 amide bonds. The van der Waals surface area contributed by atoms with Crippen molar-refractivity contribution in [1.82, 2.24) is 19.5 Å². The molecule has 0 radical (unpaired) electrons. The molecule has 1 atom stereocenters. The summed E-state index contributed by atoms with van der Waals surface area (Å²) >= 11 is 0. The molecule has 2 aromatic carbocycles. The molecule has 0 aliphatic carbocycles. The van der Waals surface area contributed by atoms with Crippen LogP contribution < -0.4 is 4.74 Å². The fourth-order valence-corrected chi connectivity index (χ4v) is 5.67. The van der Waals surface area contributed by atoms with E-state index < -0.39 is 23.7 Å². The Hall–Kier alpha value is -4.31. The minimum absolute atomic E-state index is 0.170. The van der Waals surface area contributed by atoms with Crippen LogP contribution in [0.5, 0.6) is 5.75 Å². The monoisotopic (exact) mass is 558 g/mol. The molecule has 2 aliphatic heterocycles. The Balaban J connectivity index is 1.55. The Morgan fingerprint density at radius 3 is 2.66 bits per heavy atom. The Kier molecular flexibility index (Phi) is 6.53. The number of ether oxygens (including phenoxy) is 3. The number of hydrogen-bond acceptors (Lipinski definition) is 7. The largest absolute Gasteiger partial charge is 0.490 e. The Bertz CT molecular complexity index is 1700. The molecule has 0 N–H and O–H groups in total. The summed E-state index contributed by atoms with van der Waals surface area (Å²) in [5.74, 6) is -2.29. The van der Waals surface area contributed by atoms with Crippen LogP contribution in [-0.4, -0.2) is 50.8 Å². The van der Waals surface area contributed by atoms with Gasteiger partial charge >= 0.3 is 5.97 Å². The van der Waals surface area contributed by atoms with Crippen molar-refractivity contribution in [3.63, 3.8) is 0 Å². The highest BCUT2D eigenvalue weighted by atomic mass is 19.1. The van der Waals surface area contributed by atoms with E-state index in [0.717, 1.165) is 23.1 Å². The van der Waals surface area contributed by atoms with E-state index >= 15 is 4.39 Å². The Morgan fingerprint density at radius 1 is 1.20 bits per heavy atom. The highest BCUT2D eigenvalue weighted by Gasteiger charge is 2.45. The van der Waals surface area contributed by atoms with Crippen molar-refractivity contribution >= 4 is 17.5 Å². The summed E-state index contributed by atoms with van der Waals surface area (Å²) < 4.78 is 34.2. The van der Waals surface area contributed by atoms with Crippen LogP contribution in [-0.2, 0) is 27.2 Å². The molecule has 0 unspecified atom stereocenters. The summed E-state index contributed by atoms with van der Waals surface area (Å²) in [4.78, 5) is 32.8. The van der Waals surface area contributed by atoms with Gasteiger partial charge in [0.15, 0.2) is 29.0 Å². The van der Waals surface area contributed by atoms with Gasteiger partial charge in [0.25, 0.3) is 5.91 Å². The maximum absolute atomic E-state index is 15.5. The molecule has 0 bridgehead atoms. The maximum atomic E-state index is 15.5. The zero-order valence-electron chi connectivity index (χ0n) is 23.7. The SMILES string of the molecule is Cc1nc2cc(C(=O)N(C)Cc3ccccc3)nn2c(-c2cc(F)c3c(c2C)CCCO3)c1[C@@H]1OC(C)(C)OC1=O. The number of rotatable bonds is 5. The van der Waals surface area contributed by atoms with Crippen LogP contribution in [0, 0.1) is 19.7 Å². The molecule has 0 saturated carbocycles. The van der Waals surface area contributed by atoms with Crippen molar-refractivity contribution in [1.29, 1.82) is 0 Å². The summed E-state index contributed by atoms with van der Waals surface area (Å²) in [6, 6.07) is 12.7. The van der Waals surface area contributed by atoms with Crippen molar-refractivity contribution in [2.45, 2.75) is 59.0 Å². The van der Waals surface area contributed by atoms with Crippen LogP contribution in [0.25, 0.3) is 16.9 Å². The zero-order valence-corrected chi connectivity index (χ0v) is 23.7. The lowest BCUT2D eigenvalue weighted by molar-refractivity contribution is -0.160. The minimum Gasteiger partial charge on any atom is -0.490 e. The van der Waals surface area contributed by atoms with E-state index in [1.54, 1.807) is 38.8 Å². The van der Waals surface area contributed by atoms with Gasteiger partial charge in [-0.15, -0.1) is 0 Å². The van der Waals surface area contributed by atoms with Crippen LogP contribution in [0.15, 0.2) is 42.5 Å². The van der Waals surface area contributed by atoms with Crippen LogP contribution in [0.1, 0.15) is 64.8 Å². The predicted octanol–water partition coefficient (Wildman–Crippen LogP) is 5.10. The molecule has 4 aromatic rings. The van der Waals surface area contributed by atoms with Gasteiger partial charge in [-0.3, -0.25) is 4.79 Å². The topological polar surface area (TPSA) is 95.3 Å². The lowest BCUT2D eigenvalue weighted by Gasteiger charge is -2.24. The molecule has 6 rings (SSSR count). The molecule has 9 nitrogen and oxygen atoms in total. The normalized spacial score (nSPS) is 17.7. The van der Waals surface area contributed by atoms with Crippen molar-refractivity contribution < 1.29 is 28.2 Å². The number of cyclic esters (lactones) is 1. The third-order valence-electron chi connectivity index (χ3n) is 7.57. The third-order valence-corrected chi connectivity index (χ3v) is 7.57. The number of amides is 1. The van der Waals surface area contributed by atoms with Crippen molar-refractivity contribution in [3.8, 4) is 17.0 Å². The third kappa shape index (κ3) is 4.72. The first kappa shape index (κ1) is 26.9. The Labute approximate surface area is 236 Å². The number of carbonyl (C=O) groups excluding carboxylic acids is 2. The van der Waals surface area contributed by atoms with Gasteiger partial charge < -0.3 is 19.1 Å². The predicted molar refractivity (Wildman–Crippen MR) is 148 cm³/mol. The van der Waals surface area contributed by atoms with E-state index in [1.165, 1.54) is 10.6 Å². The van der Waals surface area contributed by atoms with Crippen LogP contribution >= 0.6 is 0 Å². The molecule has 1 saturated heterocycles. The number of esters is 1. The molecule has 212 valence electrons. The van der Waals surface area contributed by atoms with E-state index in [4.69, 9.17) is 19.2 Å². The second-order valence-electron chi connectivity index (χ2n) is 11.0. The van der Waals surface area contributed by atoms with E-state index in [9.17, 15) is 9.59 Å². The van der Waals surface area contributed by atoms with Gasteiger partial charge in [0, 0.05) is 55.9 Å². The van der Waals surface area contributed by atoms with Gasteiger partial charge in [-0.1, -0.05) is 30.3 Å². The standard InChI is InChI=1S/C31H31FN4O5/c1-17-20-12-9-13-39-27(20)22(32)14-21(17)26-25(28-30(38)41-31(3,4)40-28)18(2)33-24-15-23(34-36(24)26)29(37)35(5)16-19-10-7-6-8-11-19/h6-8,10-11,14-15,28H,9,12-13,16H2,1-5H3/t28-/m0/s1. The lowest BCUT2D eigenvalue weighted by atomic mass is 9.91. The van der Waals surface area contributed by atoms with Crippen LogP contribution in [0.3, 0.4) is 0 Å². The molecule has 41 heavy (non-hydrogen) atoms. The molecular formula is C31H31FN4O5. The molecule has 4 heterocycles.